The Kier molecular flexibility index (Phi) is 54.4. The minimum absolute atomic E-state index is 0.231. The van der Waals surface area contributed by atoms with E-state index in [1.165, 1.54) is 199 Å². The summed E-state index contributed by atoms with van der Waals surface area (Å²) in [5.41, 5.74) is 0. The van der Waals surface area contributed by atoms with Crippen LogP contribution in [0.2, 0.25) is 0 Å². The van der Waals surface area contributed by atoms with Crippen molar-refractivity contribution >= 4 is 5.91 Å². The third kappa shape index (κ3) is 39.8. The van der Waals surface area contributed by atoms with Crippen molar-refractivity contribution < 1.29 is 89.4 Å². The maximum atomic E-state index is 13.5. The van der Waals surface area contributed by atoms with E-state index in [-0.39, 0.29) is 18.9 Å². The highest BCUT2D eigenvalue weighted by atomic mass is 16.8. The molecule has 0 aromatic heterocycles. The first-order valence-electron chi connectivity index (χ1n) is 39.2. The Morgan fingerprint density at radius 3 is 1.09 bits per heavy atom. The van der Waals surface area contributed by atoms with E-state index < -0.39 is 124 Å². The van der Waals surface area contributed by atoms with E-state index in [2.05, 4.69) is 79.9 Å². The maximum Gasteiger partial charge on any atom is 0.220 e. The second-order valence-electron chi connectivity index (χ2n) is 27.8. The largest absolute Gasteiger partial charge is 0.394 e. The first kappa shape index (κ1) is 89.4. The third-order valence-corrected chi connectivity index (χ3v) is 19.2. The smallest absolute Gasteiger partial charge is 0.220 e. The molecule has 0 radical (unpaired) electrons. The summed E-state index contributed by atoms with van der Waals surface area (Å²) >= 11 is 0. The summed E-state index contributed by atoms with van der Waals surface area (Å²) in [7, 11) is 0. The molecule has 98 heavy (non-hydrogen) atoms. The molecular weight excluding hydrogens is 1250 g/mol. The van der Waals surface area contributed by atoms with Gasteiger partial charge in [-0.05, 0) is 83.5 Å². The number of ether oxygens (including phenoxy) is 6. The number of unbranched alkanes of at least 4 members (excludes halogenated alkanes) is 35. The van der Waals surface area contributed by atoms with Crippen molar-refractivity contribution in [1.82, 2.24) is 5.32 Å². The highest BCUT2D eigenvalue weighted by molar-refractivity contribution is 5.76. The lowest BCUT2D eigenvalue weighted by Crippen LogP contribution is -2.66. The van der Waals surface area contributed by atoms with Gasteiger partial charge in [-0.15, -0.1) is 0 Å². The van der Waals surface area contributed by atoms with Crippen LogP contribution in [0.5, 0.6) is 0 Å². The van der Waals surface area contributed by atoms with Crippen LogP contribution in [0.3, 0.4) is 0 Å². The van der Waals surface area contributed by atoms with Crippen molar-refractivity contribution in [1.29, 1.82) is 0 Å². The molecule has 17 atom stereocenters. The Hall–Kier alpha value is -2.77. The van der Waals surface area contributed by atoms with Crippen LogP contribution in [0.15, 0.2) is 72.9 Å². The molecule has 3 aliphatic heterocycles. The number of carbonyl (C=O) groups is 1. The molecule has 3 fully saturated rings. The van der Waals surface area contributed by atoms with Crippen LogP contribution in [-0.2, 0) is 33.2 Å². The standard InChI is InChI=1S/C79H141NO18/c1-3-5-7-9-11-13-15-17-19-21-23-25-26-27-28-29-30-31-32-33-34-35-36-37-39-41-43-45-47-49-51-53-55-57-67(85)80-62(63(84)56-54-52-50-48-46-44-42-40-38-24-22-20-18-16-14-12-10-8-6-4-2)61-93-77-73(91)70(88)75(65(59-82)95-77)98-79-74(92)71(89)76(66(60-83)96-79)97-78-72(90)69(87)68(86)64(58-81)94-78/h15,17,21,23,26-27,38,40,46,48,54,56,62-66,68-79,81-84,86-92H,3-14,16,18-20,22,24-25,28-37,39,41-45,47,49-53,55,57-61H2,1-2H3,(H,80,85)/b17-15-,23-21-,27-26-,40-38+,48-46+,56-54+. The van der Waals surface area contributed by atoms with E-state index in [1.807, 2.05) is 6.08 Å². The molecule has 3 aliphatic rings. The number of hydrogen-bond acceptors (Lipinski definition) is 18. The molecule has 0 aromatic rings. The van der Waals surface area contributed by atoms with E-state index >= 15 is 0 Å². The van der Waals surface area contributed by atoms with Crippen molar-refractivity contribution in [3.8, 4) is 0 Å². The van der Waals surface area contributed by atoms with Gasteiger partial charge in [0.1, 0.15) is 73.2 Å². The molecule has 570 valence electrons. The van der Waals surface area contributed by atoms with E-state index in [1.54, 1.807) is 6.08 Å². The van der Waals surface area contributed by atoms with Gasteiger partial charge in [0.05, 0.1) is 38.6 Å². The van der Waals surface area contributed by atoms with Gasteiger partial charge in [0.15, 0.2) is 18.9 Å². The molecule has 19 nitrogen and oxygen atoms in total. The van der Waals surface area contributed by atoms with Crippen LogP contribution in [0.4, 0.5) is 0 Å². The highest BCUT2D eigenvalue weighted by Crippen LogP contribution is 2.33. The average molecular weight is 1390 g/mol. The van der Waals surface area contributed by atoms with Gasteiger partial charge in [-0.3, -0.25) is 4.79 Å². The number of aliphatic hydroxyl groups excluding tert-OH is 11. The number of nitrogens with one attached hydrogen (secondary N) is 1. The summed E-state index contributed by atoms with van der Waals surface area (Å²) in [6, 6.07) is -0.999. The molecule has 17 unspecified atom stereocenters. The van der Waals surface area contributed by atoms with Gasteiger partial charge in [-0.1, -0.05) is 273 Å². The summed E-state index contributed by atoms with van der Waals surface area (Å²) in [5.74, 6) is -0.288. The fourth-order valence-electron chi connectivity index (χ4n) is 12.9. The monoisotopic (exact) mass is 1390 g/mol. The van der Waals surface area contributed by atoms with E-state index in [9.17, 15) is 61.0 Å². The Labute approximate surface area is 591 Å². The number of hydrogen-bond donors (Lipinski definition) is 12. The lowest BCUT2D eigenvalue weighted by Gasteiger charge is -2.48. The van der Waals surface area contributed by atoms with E-state index in [0.29, 0.717) is 12.8 Å². The molecule has 0 aliphatic carbocycles. The number of rotatable bonds is 61. The van der Waals surface area contributed by atoms with Crippen LogP contribution >= 0.6 is 0 Å². The lowest BCUT2D eigenvalue weighted by atomic mass is 9.96. The van der Waals surface area contributed by atoms with E-state index in [4.69, 9.17) is 28.4 Å². The molecule has 0 bridgehead atoms. The summed E-state index contributed by atoms with van der Waals surface area (Å²) < 4.78 is 34.4. The van der Waals surface area contributed by atoms with Gasteiger partial charge in [-0.2, -0.15) is 0 Å². The highest BCUT2D eigenvalue weighted by Gasteiger charge is 2.53. The molecule has 12 N–H and O–H groups in total. The Morgan fingerprint density at radius 1 is 0.367 bits per heavy atom. The van der Waals surface area contributed by atoms with Crippen molar-refractivity contribution in [2.24, 2.45) is 0 Å². The predicted molar refractivity (Wildman–Crippen MR) is 388 cm³/mol. The fraction of sp³-hybridized carbons (Fsp3) is 0.835. The summed E-state index contributed by atoms with van der Waals surface area (Å²) in [6.45, 7) is 1.72. The Balaban J connectivity index is 1.38. The normalized spacial score (nSPS) is 27.1. The zero-order valence-electron chi connectivity index (χ0n) is 60.8. The zero-order valence-corrected chi connectivity index (χ0v) is 60.8. The SMILES string of the molecule is CCCCCCC/C=C\C/C=C\C/C=C\CCCCCCCCCCCCCCCCCCCCC(=O)NC(COC1OC(CO)C(OC2OC(CO)C(OC3OC(CO)C(O)C(O)C3O)C(O)C2O)C(O)C1O)C(O)/C=C/CC/C=C/CC/C=C/CCCCCCCCCCCC. The first-order chi connectivity index (χ1) is 47.8. The van der Waals surface area contributed by atoms with Gasteiger partial charge in [0.2, 0.25) is 5.91 Å². The zero-order chi connectivity index (χ0) is 71.1. The summed E-state index contributed by atoms with van der Waals surface area (Å²) in [5, 5.41) is 121. The minimum Gasteiger partial charge on any atom is -0.394 e. The second kappa shape index (κ2) is 59.6. The molecule has 0 aromatic carbocycles. The quantitative estimate of drug-likeness (QED) is 0.0199. The fourth-order valence-corrected chi connectivity index (χ4v) is 12.9. The van der Waals surface area contributed by atoms with Crippen LogP contribution in [0.1, 0.15) is 290 Å². The molecule has 3 rings (SSSR count). The van der Waals surface area contributed by atoms with E-state index in [0.717, 1.165) is 57.8 Å². The molecule has 3 heterocycles. The topological polar surface area (TPSA) is 307 Å². The third-order valence-electron chi connectivity index (χ3n) is 19.2. The first-order valence-corrected chi connectivity index (χ1v) is 39.2. The van der Waals surface area contributed by atoms with Crippen molar-refractivity contribution in [2.75, 3.05) is 26.4 Å². The van der Waals surface area contributed by atoms with Crippen LogP contribution in [0.25, 0.3) is 0 Å². The van der Waals surface area contributed by atoms with Gasteiger partial charge in [0.25, 0.3) is 0 Å². The van der Waals surface area contributed by atoms with Crippen molar-refractivity contribution in [2.45, 2.75) is 394 Å². The molecule has 0 spiro atoms. The molecule has 1 amide bonds. The minimum atomic E-state index is -1.98. The van der Waals surface area contributed by atoms with Crippen LogP contribution in [0, 0.1) is 0 Å². The number of allylic oxidation sites excluding steroid dienone is 11. The second-order valence-corrected chi connectivity index (χ2v) is 27.8. The number of carbonyl (C=O) groups excluding carboxylic acids is 1. The van der Waals surface area contributed by atoms with Crippen LogP contribution in [-0.4, -0.2) is 193 Å². The molecule has 19 heteroatoms. The van der Waals surface area contributed by atoms with Gasteiger partial charge in [0, 0.05) is 6.42 Å². The average Bonchev–Trinajstić information content (AvgIpc) is 0.782. The van der Waals surface area contributed by atoms with Gasteiger partial charge in [-0.25, -0.2) is 0 Å². The maximum absolute atomic E-state index is 13.5. The number of aliphatic hydroxyl groups is 11. The molecule has 0 saturated carbocycles. The lowest BCUT2D eigenvalue weighted by molar-refractivity contribution is -0.379. The molecular formula is C79H141NO18. The summed E-state index contributed by atoms with van der Waals surface area (Å²) in [6.07, 6.45) is 50.3. The van der Waals surface area contributed by atoms with Crippen molar-refractivity contribution in [3.63, 3.8) is 0 Å². The van der Waals surface area contributed by atoms with Gasteiger partial charge < -0.3 is 89.9 Å². The molecule has 3 saturated heterocycles. The number of amides is 1. The Bertz CT molecular complexity index is 2050. The van der Waals surface area contributed by atoms with Crippen molar-refractivity contribution in [3.05, 3.63) is 72.9 Å². The Morgan fingerprint density at radius 2 is 0.684 bits per heavy atom. The van der Waals surface area contributed by atoms with Crippen LogP contribution < -0.4 is 5.32 Å². The summed E-state index contributed by atoms with van der Waals surface area (Å²) in [4.78, 5) is 13.5. The van der Waals surface area contributed by atoms with Gasteiger partial charge >= 0.3 is 0 Å². The predicted octanol–water partition coefficient (Wildman–Crippen LogP) is 12.4.